The van der Waals surface area contributed by atoms with Crippen LogP contribution in [-0.2, 0) is 9.59 Å². The number of benzene rings is 3. The molecule has 1 amide bonds. The molecule has 4 rings (SSSR count). The molecule has 0 spiro atoms. The first-order chi connectivity index (χ1) is 15.8. The predicted molar refractivity (Wildman–Crippen MR) is 130 cm³/mol. The summed E-state index contributed by atoms with van der Waals surface area (Å²) < 4.78 is 5.37. The summed E-state index contributed by atoms with van der Waals surface area (Å²) in [5.74, 6) is -1.50. The second kappa shape index (κ2) is 9.00. The number of hydrogen-bond donors (Lipinski definition) is 1. The number of rotatable bonds is 5. The quantitative estimate of drug-likeness (QED) is 0.327. The number of carbonyl (C=O) groups is 2. The van der Waals surface area contributed by atoms with E-state index in [2.05, 4.69) is 0 Å². The van der Waals surface area contributed by atoms with E-state index in [1.807, 2.05) is 49.3 Å². The third kappa shape index (κ3) is 4.05. The van der Waals surface area contributed by atoms with Gasteiger partial charge in [0.05, 0.1) is 24.3 Å². The van der Waals surface area contributed by atoms with E-state index in [1.165, 1.54) is 18.1 Å². The van der Waals surface area contributed by atoms with E-state index in [-0.39, 0.29) is 16.9 Å². The van der Waals surface area contributed by atoms with Crippen molar-refractivity contribution in [3.63, 3.8) is 0 Å². The maximum absolute atomic E-state index is 13.3. The van der Waals surface area contributed by atoms with Crippen LogP contribution in [0.4, 0.5) is 11.4 Å². The first-order valence-corrected chi connectivity index (χ1v) is 10.7. The van der Waals surface area contributed by atoms with Crippen molar-refractivity contribution in [3.8, 4) is 5.75 Å². The van der Waals surface area contributed by atoms with Crippen LogP contribution < -0.4 is 14.5 Å². The Morgan fingerprint density at radius 2 is 1.67 bits per heavy atom. The van der Waals surface area contributed by atoms with Crippen molar-refractivity contribution in [1.29, 1.82) is 0 Å². The van der Waals surface area contributed by atoms with Crippen LogP contribution in [0.3, 0.4) is 0 Å². The number of ketones is 1. The molecule has 168 valence electrons. The number of hydrogen-bond acceptors (Lipinski definition) is 5. The largest absolute Gasteiger partial charge is 0.507 e. The lowest BCUT2D eigenvalue weighted by atomic mass is 9.94. The summed E-state index contributed by atoms with van der Waals surface area (Å²) >= 11 is 6.16. The van der Waals surface area contributed by atoms with Gasteiger partial charge in [0, 0.05) is 30.5 Å². The van der Waals surface area contributed by atoms with Gasteiger partial charge in [-0.25, -0.2) is 0 Å². The van der Waals surface area contributed by atoms with Crippen molar-refractivity contribution < 1.29 is 19.4 Å². The normalized spacial score (nSPS) is 17.3. The molecule has 0 bridgehead atoms. The second-order valence-electron chi connectivity index (χ2n) is 7.84. The molecule has 1 fully saturated rings. The zero-order valence-electron chi connectivity index (χ0n) is 18.4. The van der Waals surface area contributed by atoms with Crippen LogP contribution in [0.2, 0.25) is 5.02 Å². The van der Waals surface area contributed by atoms with Crippen molar-refractivity contribution >= 4 is 40.4 Å². The van der Waals surface area contributed by atoms with Crippen LogP contribution in [0.5, 0.6) is 5.75 Å². The fourth-order valence-corrected chi connectivity index (χ4v) is 4.14. The summed E-state index contributed by atoms with van der Waals surface area (Å²) in [6.45, 7) is 0. The summed E-state index contributed by atoms with van der Waals surface area (Å²) in [7, 11) is 5.31. The van der Waals surface area contributed by atoms with Crippen LogP contribution in [0.1, 0.15) is 17.2 Å². The van der Waals surface area contributed by atoms with Gasteiger partial charge in [0.2, 0.25) is 0 Å². The van der Waals surface area contributed by atoms with Gasteiger partial charge >= 0.3 is 0 Å². The molecule has 1 unspecified atom stereocenters. The van der Waals surface area contributed by atoms with Crippen LogP contribution in [0, 0.1) is 0 Å². The SMILES string of the molecule is COc1ccc(Cl)cc1/C(O)=C1\C(=O)C(=O)N(c2ccccc2)C1c1ccc(N(C)C)cc1. The maximum atomic E-state index is 13.3. The van der Waals surface area contributed by atoms with E-state index in [1.54, 1.807) is 36.4 Å². The lowest BCUT2D eigenvalue weighted by Crippen LogP contribution is -2.29. The molecule has 1 N–H and O–H groups in total. The Labute approximate surface area is 197 Å². The highest BCUT2D eigenvalue weighted by molar-refractivity contribution is 6.51. The van der Waals surface area contributed by atoms with Gasteiger partial charge in [0.1, 0.15) is 11.5 Å². The number of Topliss-reactive ketones (excluding diaryl/α,β-unsaturated/α-hetero) is 1. The van der Waals surface area contributed by atoms with Crippen molar-refractivity contribution in [2.75, 3.05) is 31.0 Å². The van der Waals surface area contributed by atoms with Gasteiger partial charge in [-0.2, -0.15) is 0 Å². The zero-order chi connectivity index (χ0) is 23.7. The molecule has 3 aromatic carbocycles. The number of aliphatic hydroxyl groups excluding tert-OH is 1. The molecule has 1 atom stereocenters. The zero-order valence-corrected chi connectivity index (χ0v) is 19.2. The molecule has 1 aliphatic heterocycles. The smallest absolute Gasteiger partial charge is 0.300 e. The summed E-state index contributed by atoms with van der Waals surface area (Å²) in [5.41, 5.74) is 2.42. The van der Waals surface area contributed by atoms with Gasteiger partial charge in [-0.1, -0.05) is 41.9 Å². The summed E-state index contributed by atoms with van der Waals surface area (Å²) in [4.78, 5) is 29.8. The van der Waals surface area contributed by atoms with Gasteiger partial charge in [-0.3, -0.25) is 14.5 Å². The molecule has 1 heterocycles. The van der Waals surface area contributed by atoms with Gasteiger partial charge in [-0.05, 0) is 48.0 Å². The van der Waals surface area contributed by atoms with Crippen LogP contribution in [0.25, 0.3) is 5.76 Å². The number of amides is 1. The average Bonchev–Trinajstić information content (AvgIpc) is 3.09. The molecule has 7 heteroatoms. The van der Waals surface area contributed by atoms with E-state index in [0.29, 0.717) is 22.0 Å². The van der Waals surface area contributed by atoms with Crippen molar-refractivity contribution in [2.45, 2.75) is 6.04 Å². The number of para-hydroxylation sites is 1. The van der Waals surface area contributed by atoms with E-state index < -0.39 is 17.7 Å². The van der Waals surface area contributed by atoms with Gasteiger partial charge in [0.15, 0.2) is 0 Å². The monoisotopic (exact) mass is 462 g/mol. The molecular weight excluding hydrogens is 440 g/mol. The maximum Gasteiger partial charge on any atom is 0.300 e. The molecular formula is C26H23ClN2O4. The summed E-state index contributed by atoms with van der Waals surface area (Å²) in [6, 6.07) is 20.3. The fraction of sp³-hybridized carbons (Fsp3) is 0.154. The number of carbonyl (C=O) groups excluding carboxylic acids is 2. The standard InChI is InChI=1S/C26H23ClN2O4/c1-28(2)18-12-9-16(10-13-18)23-22(24(30)20-15-17(27)11-14-21(20)33-3)25(31)26(32)29(23)19-7-5-4-6-8-19/h4-15,23,30H,1-3H3/b24-22+. The molecule has 3 aromatic rings. The van der Waals surface area contributed by atoms with Gasteiger partial charge in [-0.15, -0.1) is 0 Å². The molecule has 0 saturated carbocycles. The molecule has 1 aliphatic rings. The summed E-state index contributed by atoms with van der Waals surface area (Å²) in [6.07, 6.45) is 0. The number of methoxy groups -OCH3 is 1. The Hall–Kier alpha value is -3.77. The lowest BCUT2D eigenvalue weighted by Gasteiger charge is -2.26. The topological polar surface area (TPSA) is 70.1 Å². The third-order valence-corrected chi connectivity index (χ3v) is 5.86. The highest BCUT2D eigenvalue weighted by Crippen LogP contribution is 2.43. The first-order valence-electron chi connectivity index (χ1n) is 10.3. The molecule has 0 aromatic heterocycles. The average molecular weight is 463 g/mol. The molecule has 6 nitrogen and oxygen atoms in total. The molecule has 0 radical (unpaired) electrons. The Morgan fingerprint density at radius 3 is 2.27 bits per heavy atom. The highest BCUT2D eigenvalue weighted by Gasteiger charge is 2.47. The van der Waals surface area contributed by atoms with Gasteiger partial charge in [0.25, 0.3) is 11.7 Å². The number of ether oxygens (including phenoxy) is 1. The first kappa shape index (κ1) is 22.4. The minimum absolute atomic E-state index is 0.0259. The van der Waals surface area contributed by atoms with E-state index >= 15 is 0 Å². The van der Waals surface area contributed by atoms with E-state index in [0.717, 1.165) is 5.69 Å². The molecule has 0 aliphatic carbocycles. The van der Waals surface area contributed by atoms with Gasteiger partial charge < -0.3 is 14.7 Å². The highest BCUT2D eigenvalue weighted by atomic mass is 35.5. The number of halogens is 1. The van der Waals surface area contributed by atoms with Crippen molar-refractivity contribution in [3.05, 3.63) is 94.5 Å². The Balaban J connectivity index is 1.96. The van der Waals surface area contributed by atoms with Crippen molar-refractivity contribution in [2.24, 2.45) is 0 Å². The lowest BCUT2D eigenvalue weighted by molar-refractivity contribution is -0.132. The second-order valence-corrected chi connectivity index (χ2v) is 8.27. The Bertz CT molecular complexity index is 1240. The molecule has 33 heavy (non-hydrogen) atoms. The van der Waals surface area contributed by atoms with Crippen LogP contribution in [0.15, 0.2) is 78.4 Å². The van der Waals surface area contributed by atoms with E-state index in [4.69, 9.17) is 16.3 Å². The van der Waals surface area contributed by atoms with Crippen LogP contribution in [-0.4, -0.2) is 38.0 Å². The number of nitrogens with zero attached hydrogens (tertiary/aromatic N) is 2. The predicted octanol–water partition coefficient (Wildman–Crippen LogP) is 5.04. The minimum atomic E-state index is -0.827. The Kier molecular flexibility index (Phi) is 6.11. The Morgan fingerprint density at radius 1 is 1.00 bits per heavy atom. The van der Waals surface area contributed by atoms with Crippen LogP contribution >= 0.6 is 11.6 Å². The fourth-order valence-electron chi connectivity index (χ4n) is 3.97. The third-order valence-electron chi connectivity index (χ3n) is 5.62. The number of aliphatic hydroxyl groups is 1. The molecule has 1 saturated heterocycles. The van der Waals surface area contributed by atoms with Crippen molar-refractivity contribution in [1.82, 2.24) is 0 Å². The van der Waals surface area contributed by atoms with E-state index in [9.17, 15) is 14.7 Å². The minimum Gasteiger partial charge on any atom is -0.507 e. The number of anilines is 2. The summed E-state index contributed by atoms with van der Waals surface area (Å²) in [5, 5.41) is 11.7.